The largest absolute Gasteiger partial charge is 0.364 e. The summed E-state index contributed by atoms with van der Waals surface area (Å²) < 4.78 is 0. The number of nitrogens with one attached hydrogen (secondary N) is 1. The van der Waals surface area contributed by atoms with Crippen LogP contribution in [0.3, 0.4) is 0 Å². The van der Waals surface area contributed by atoms with E-state index in [1.807, 2.05) is 18.2 Å². The fraction of sp³-hybridized carbons (Fsp3) is 0.455. The van der Waals surface area contributed by atoms with Gasteiger partial charge in [-0.3, -0.25) is 0 Å². The smallest absolute Gasteiger partial charge is 0.0748 e. The Morgan fingerprint density at radius 2 is 2.00 bits per heavy atom. The van der Waals surface area contributed by atoms with Gasteiger partial charge in [-0.1, -0.05) is 29.3 Å². The van der Waals surface area contributed by atoms with Gasteiger partial charge in [0.25, 0.3) is 0 Å². The van der Waals surface area contributed by atoms with E-state index in [-0.39, 0.29) is 0 Å². The molecule has 1 aliphatic rings. The van der Waals surface area contributed by atoms with E-state index >= 15 is 0 Å². The maximum absolute atomic E-state index is 6.18. The molecule has 0 bridgehead atoms. The maximum atomic E-state index is 6.18. The minimum absolute atomic E-state index is 0.427. The molecule has 1 N–H and O–H groups in total. The van der Waals surface area contributed by atoms with Gasteiger partial charge in [-0.15, -0.1) is 0 Å². The highest BCUT2D eigenvalue weighted by Gasteiger charge is 2.22. The molecule has 1 fully saturated rings. The van der Waals surface area contributed by atoms with Crippen molar-refractivity contribution < 1.29 is 0 Å². The number of hydrogen-bond donors (Lipinski definition) is 1. The molecule has 0 aliphatic carbocycles. The Bertz CT molecular complexity index is 334. The highest BCUT2D eigenvalue weighted by Crippen LogP contribution is 2.34. The predicted molar refractivity (Wildman–Crippen MR) is 66.1 cm³/mol. The molecule has 0 aromatic heterocycles. The van der Waals surface area contributed by atoms with E-state index in [9.17, 15) is 0 Å². The Balaban J connectivity index is 2.35. The van der Waals surface area contributed by atoms with Crippen LogP contribution in [0.15, 0.2) is 18.2 Å². The third-order valence-corrected chi connectivity index (χ3v) is 3.34. The van der Waals surface area contributed by atoms with Crippen LogP contribution in [0.2, 0.25) is 10.0 Å². The Hall–Kier alpha value is -0.440. The standard InChI is InChI=1S/C11H14Cl2N2/c1-8-7-14-5-6-15(8)11-9(12)3-2-4-10(11)13/h2-4,8,14H,5-7H2,1H3/t8-/m0/s1. The topological polar surface area (TPSA) is 15.3 Å². The third kappa shape index (κ3) is 2.22. The first-order valence-electron chi connectivity index (χ1n) is 5.11. The van der Waals surface area contributed by atoms with Crippen LogP contribution < -0.4 is 10.2 Å². The maximum Gasteiger partial charge on any atom is 0.0748 e. The fourth-order valence-electron chi connectivity index (χ4n) is 1.94. The van der Waals surface area contributed by atoms with Crippen molar-refractivity contribution >= 4 is 28.9 Å². The Labute approximate surface area is 100 Å². The van der Waals surface area contributed by atoms with Gasteiger partial charge < -0.3 is 10.2 Å². The summed E-state index contributed by atoms with van der Waals surface area (Å²) in [7, 11) is 0. The van der Waals surface area contributed by atoms with Crippen molar-refractivity contribution in [3.63, 3.8) is 0 Å². The number of anilines is 1. The molecule has 0 spiro atoms. The number of hydrogen-bond acceptors (Lipinski definition) is 2. The van der Waals surface area contributed by atoms with E-state index in [2.05, 4.69) is 17.1 Å². The van der Waals surface area contributed by atoms with Crippen LogP contribution in [-0.2, 0) is 0 Å². The summed E-state index contributed by atoms with van der Waals surface area (Å²) in [4.78, 5) is 2.27. The summed E-state index contributed by atoms with van der Waals surface area (Å²) in [5.74, 6) is 0. The quantitative estimate of drug-likeness (QED) is 0.818. The molecule has 1 aromatic carbocycles. The second-order valence-electron chi connectivity index (χ2n) is 3.82. The lowest BCUT2D eigenvalue weighted by Crippen LogP contribution is -2.50. The molecular formula is C11H14Cl2N2. The first-order chi connectivity index (χ1) is 7.20. The molecule has 1 aliphatic heterocycles. The van der Waals surface area contributed by atoms with Crippen LogP contribution in [0.4, 0.5) is 5.69 Å². The van der Waals surface area contributed by atoms with Gasteiger partial charge in [0.05, 0.1) is 15.7 Å². The molecule has 0 amide bonds. The number of rotatable bonds is 1. The van der Waals surface area contributed by atoms with E-state index in [0.717, 1.165) is 35.4 Å². The van der Waals surface area contributed by atoms with Gasteiger partial charge in [-0.05, 0) is 19.1 Å². The van der Waals surface area contributed by atoms with Gasteiger partial charge in [-0.25, -0.2) is 0 Å². The second kappa shape index (κ2) is 4.60. The number of piperazine rings is 1. The SMILES string of the molecule is C[C@H]1CNCCN1c1c(Cl)cccc1Cl. The van der Waals surface area contributed by atoms with E-state index in [4.69, 9.17) is 23.2 Å². The highest BCUT2D eigenvalue weighted by atomic mass is 35.5. The minimum Gasteiger partial charge on any atom is -0.364 e. The third-order valence-electron chi connectivity index (χ3n) is 2.73. The molecule has 15 heavy (non-hydrogen) atoms. The van der Waals surface area contributed by atoms with E-state index in [1.54, 1.807) is 0 Å². The number of para-hydroxylation sites is 1. The summed E-state index contributed by atoms with van der Waals surface area (Å²) >= 11 is 12.4. The molecule has 1 aromatic rings. The molecule has 4 heteroatoms. The first kappa shape index (κ1) is 11.1. The average Bonchev–Trinajstić information content (AvgIpc) is 2.20. The molecule has 2 nitrogen and oxygen atoms in total. The van der Waals surface area contributed by atoms with Gasteiger partial charge in [0.2, 0.25) is 0 Å². The van der Waals surface area contributed by atoms with Crippen LogP contribution in [0.25, 0.3) is 0 Å². The highest BCUT2D eigenvalue weighted by molar-refractivity contribution is 6.39. The van der Waals surface area contributed by atoms with Gasteiger partial charge in [0.15, 0.2) is 0 Å². The van der Waals surface area contributed by atoms with Crippen LogP contribution in [0.1, 0.15) is 6.92 Å². The Kier molecular flexibility index (Phi) is 3.39. The normalized spacial score (nSPS) is 21.8. The summed E-state index contributed by atoms with van der Waals surface area (Å²) in [5.41, 5.74) is 0.967. The monoisotopic (exact) mass is 244 g/mol. The minimum atomic E-state index is 0.427. The number of benzene rings is 1. The summed E-state index contributed by atoms with van der Waals surface area (Å²) in [6, 6.07) is 6.08. The second-order valence-corrected chi connectivity index (χ2v) is 4.63. The van der Waals surface area contributed by atoms with Crippen LogP contribution in [0.5, 0.6) is 0 Å². The van der Waals surface area contributed by atoms with Crippen molar-refractivity contribution in [2.24, 2.45) is 0 Å². The summed E-state index contributed by atoms with van der Waals surface area (Å²) in [6.45, 7) is 5.07. The fourth-order valence-corrected chi connectivity index (χ4v) is 2.55. The molecule has 0 radical (unpaired) electrons. The van der Waals surface area contributed by atoms with Crippen molar-refractivity contribution in [2.45, 2.75) is 13.0 Å². The van der Waals surface area contributed by atoms with Crippen molar-refractivity contribution in [2.75, 3.05) is 24.5 Å². The number of nitrogens with zero attached hydrogens (tertiary/aromatic N) is 1. The van der Waals surface area contributed by atoms with E-state index in [1.165, 1.54) is 0 Å². The number of halogens is 2. The van der Waals surface area contributed by atoms with Crippen LogP contribution in [-0.4, -0.2) is 25.7 Å². The predicted octanol–water partition coefficient (Wildman–Crippen LogP) is 2.79. The van der Waals surface area contributed by atoms with Gasteiger partial charge in [-0.2, -0.15) is 0 Å². The molecular weight excluding hydrogens is 231 g/mol. The summed E-state index contributed by atoms with van der Waals surface area (Å²) in [5, 5.41) is 4.81. The lowest BCUT2D eigenvalue weighted by Gasteiger charge is -2.36. The van der Waals surface area contributed by atoms with Crippen LogP contribution >= 0.6 is 23.2 Å². The van der Waals surface area contributed by atoms with Gasteiger partial charge >= 0.3 is 0 Å². The Morgan fingerprint density at radius 1 is 1.33 bits per heavy atom. The molecule has 2 rings (SSSR count). The molecule has 0 saturated carbocycles. The van der Waals surface area contributed by atoms with Crippen molar-refractivity contribution in [3.8, 4) is 0 Å². The molecule has 1 saturated heterocycles. The molecule has 1 atom stereocenters. The molecule has 0 unspecified atom stereocenters. The molecule has 1 heterocycles. The van der Waals surface area contributed by atoms with Crippen molar-refractivity contribution in [1.82, 2.24) is 5.32 Å². The van der Waals surface area contributed by atoms with Crippen LogP contribution in [0, 0.1) is 0 Å². The van der Waals surface area contributed by atoms with E-state index in [0.29, 0.717) is 6.04 Å². The lowest BCUT2D eigenvalue weighted by atomic mass is 10.2. The van der Waals surface area contributed by atoms with Gasteiger partial charge in [0.1, 0.15) is 0 Å². The van der Waals surface area contributed by atoms with E-state index < -0.39 is 0 Å². The zero-order valence-corrected chi connectivity index (χ0v) is 10.1. The zero-order valence-electron chi connectivity index (χ0n) is 8.63. The Morgan fingerprint density at radius 3 is 2.60 bits per heavy atom. The molecule has 82 valence electrons. The lowest BCUT2D eigenvalue weighted by molar-refractivity contribution is 0.501. The zero-order chi connectivity index (χ0) is 10.8. The van der Waals surface area contributed by atoms with Crippen molar-refractivity contribution in [1.29, 1.82) is 0 Å². The average molecular weight is 245 g/mol. The summed E-state index contributed by atoms with van der Waals surface area (Å²) in [6.07, 6.45) is 0. The first-order valence-corrected chi connectivity index (χ1v) is 5.87. The van der Waals surface area contributed by atoms with Gasteiger partial charge in [0, 0.05) is 25.7 Å². The van der Waals surface area contributed by atoms with Crippen molar-refractivity contribution in [3.05, 3.63) is 28.2 Å².